The molecule has 1 atom stereocenters. The third-order valence-electron chi connectivity index (χ3n) is 2.83. The van der Waals surface area contributed by atoms with Gasteiger partial charge in [-0.3, -0.25) is 4.98 Å². The summed E-state index contributed by atoms with van der Waals surface area (Å²) in [6.45, 7) is 4.73. The second-order valence-corrected chi connectivity index (χ2v) is 6.62. The highest BCUT2D eigenvalue weighted by Gasteiger charge is 2.16. The maximum Gasteiger partial charge on any atom is 0.137 e. The number of hydrogen-bond donors (Lipinski definition) is 1. The van der Waals surface area contributed by atoms with E-state index in [0.29, 0.717) is 6.61 Å². The van der Waals surface area contributed by atoms with Crippen LogP contribution in [0.4, 0.5) is 0 Å². The number of pyridine rings is 1. The lowest BCUT2D eigenvalue weighted by molar-refractivity contribution is 0.338. The summed E-state index contributed by atoms with van der Waals surface area (Å²) in [6, 6.07) is 4.38. The van der Waals surface area contributed by atoms with Crippen LogP contribution in [0.3, 0.4) is 0 Å². The minimum Gasteiger partial charge on any atom is -0.492 e. The summed E-state index contributed by atoms with van der Waals surface area (Å²) < 4.78 is 6.69. The lowest BCUT2D eigenvalue weighted by Crippen LogP contribution is -2.16. The summed E-state index contributed by atoms with van der Waals surface area (Å²) in [5.41, 5.74) is 2.37. The first-order valence-corrected chi connectivity index (χ1v) is 7.77. The van der Waals surface area contributed by atoms with Crippen molar-refractivity contribution in [1.29, 1.82) is 0 Å². The molecule has 1 unspecified atom stereocenters. The standard InChI is InChI=1S/C14H17BrN2OS/c1-4-18-11-6-10(7-17-8-11)13(16-3)12-5-9(2)14(15)19-12/h5-8,13,16H,4H2,1-3H3. The summed E-state index contributed by atoms with van der Waals surface area (Å²) in [5, 5.41) is 3.34. The molecule has 0 aromatic carbocycles. The number of nitrogens with one attached hydrogen (secondary N) is 1. The molecular weight excluding hydrogens is 324 g/mol. The van der Waals surface area contributed by atoms with Crippen molar-refractivity contribution in [3.05, 3.63) is 44.3 Å². The number of nitrogens with zero attached hydrogens (tertiary/aromatic N) is 1. The average Bonchev–Trinajstić information content (AvgIpc) is 2.71. The topological polar surface area (TPSA) is 34.1 Å². The van der Waals surface area contributed by atoms with Crippen LogP contribution in [0, 0.1) is 6.92 Å². The Hall–Kier alpha value is -0.910. The number of aromatic nitrogens is 1. The number of aryl methyl sites for hydroxylation is 1. The Balaban J connectivity index is 2.33. The van der Waals surface area contributed by atoms with E-state index in [9.17, 15) is 0 Å². The molecule has 102 valence electrons. The minimum atomic E-state index is 0.142. The minimum absolute atomic E-state index is 0.142. The van der Waals surface area contributed by atoms with E-state index in [4.69, 9.17) is 4.74 Å². The summed E-state index contributed by atoms with van der Waals surface area (Å²) in [5.74, 6) is 0.813. The van der Waals surface area contributed by atoms with Crippen molar-refractivity contribution in [2.75, 3.05) is 13.7 Å². The molecule has 0 aliphatic heterocycles. The molecule has 0 aliphatic rings. The molecule has 0 amide bonds. The van der Waals surface area contributed by atoms with Crippen LogP contribution in [0.2, 0.25) is 0 Å². The van der Waals surface area contributed by atoms with E-state index in [1.165, 1.54) is 14.2 Å². The Kier molecular flexibility index (Phi) is 4.96. The van der Waals surface area contributed by atoms with Gasteiger partial charge in [-0.15, -0.1) is 11.3 Å². The maximum atomic E-state index is 5.51. The molecule has 3 nitrogen and oxygen atoms in total. The van der Waals surface area contributed by atoms with Crippen molar-refractivity contribution < 1.29 is 4.74 Å². The normalized spacial score (nSPS) is 12.4. The van der Waals surface area contributed by atoms with Crippen molar-refractivity contribution in [3.8, 4) is 5.75 Å². The molecule has 0 saturated carbocycles. The van der Waals surface area contributed by atoms with Crippen LogP contribution in [0.15, 0.2) is 28.3 Å². The molecule has 2 heterocycles. The Labute approximate surface area is 126 Å². The second-order valence-electron chi connectivity index (χ2n) is 4.21. The lowest BCUT2D eigenvalue weighted by Gasteiger charge is -2.15. The van der Waals surface area contributed by atoms with E-state index in [1.807, 2.05) is 26.2 Å². The maximum absolute atomic E-state index is 5.51. The Morgan fingerprint density at radius 2 is 2.21 bits per heavy atom. The van der Waals surface area contributed by atoms with Crippen molar-refractivity contribution in [2.24, 2.45) is 0 Å². The van der Waals surface area contributed by atoms with E-state index in [2.05, 4.69) is 39.2 Å². The molecule has 2 aromatic rings. The van der Waals surface area contributed by atoms with Crippen molar-refractivity contribution >= 4 is 27.3 Å². The molecule has 0 bridgehead atoms. The average molecular weight is 341 g/mol. The monoisotopic (exact) mass is 340 g/mol. The molecule has 2 aromatic heterocycles. The summed E-state index contributed by atoms with van der Waals surface area (Å²) >= 11 is 5.32. The zero-order chi connectivity index (χ0) is 13.8. The van der Waals surface area contributed by atoms with Crippen LogP contribution < -0.4 is 10.1 Å². The summed E-state index contributed by atoms with van der Waals surface area (Å²) in [6.07, 6.45) is 3.63. The van der Waals surface area contributed by atoms with Crippen LogP contribution >= 0.6 is 27.3 Å². The van der Waals surface area contributed by atoms with E-state index in [-0.39, 0.29) is 6.04 Å². The van der Waals surface area contributed by atoms with Gasteiger partial charge < -0.3 is 10.1 Å². The number of hydrogen-bond acceptors (Lipinski definition) is 4. The predicted molar refractivity (Wildman–Crippen MR) is 83.1 cm³/mol. The van der Waals surface area contributed by atoms with E-state index in [1.54, 1.807) is 17.5 Å². The molecular formula is C14H17BrN2OS. The van der Waals surface area contributed by atoms with Gasteiger partial charge in [0, 0.05) is 11.1 Å². The third kappa shape index (κ3) is 3.35. The highest BCUT2D eigenvalue weighted by atomic mass is 79.9. The first-order chi connectivity index (χ1) is 9.15. The summed E-state index contributed by atoms with van der Waals surface area (Å²) in [7, 11) is 1.96. The van der Waals surface area contributed by atoms with Gasteiger partial charge in [0.05, 0.1) is 22.6 Å². The number of thiophene rings is 1. The van der Waals surface area contributed by atoms with Gasteiger partial charge in [-0.2, -0.15) is 0 Å². The van der Waals surface area contributed by atoms with Crippen LogP contribution in [-0.2, 0) is 0 Å². The number of rotatable bonds is 5. The SMILES string of the molecule is CCOc1cncc(C(NC)c2cc(C)c(Br)s2)c1. The van der Waals surface area contributed by atoms with Crippen LogP contribution in [-0.4, -0.2) is 18.6 Å². The fourth-order valence-electron chi connectivity index (χ4n) is 1.94. The van der Waals surface area contributed by atoms with Crippen LogP contribution in [0.5, 0.6) is 5.75 Å². The second kappa shape index (κ2) is 6.50. The Morgan fingerprint density at radius 3 is 2.79 bits per heavy atom. The lowest BCUT2D eigenvalue weighted by atomic mass is 10.1. The molecule has 5 heteroatoms. The predicted octanol–water partition coefficient (Wildman–Crippen LogP) is 3.92. The van der Waals surface area contributed by atoms with E-state index < -0.39 is 0 Å². The summed E-state index contributed by atoms with van der Waals surface area (Å²) in [4.78, 5) is 5.52. The molecule has 19 heavy (non-hydrogen) atoms. The van der Waals surface area contributed by atoms with Gasteiger partial charge in [-0.1, -0.05) is 0 Å². The van der Waals surface area contributed by atoms with E-state index in [0.717, 1.165) is 11.3 Å². The molecule has 0 saturated heterocycles. The fourth-order valence-corrected chi connectivity index (χ4v) is 3.65. The zero-order valence-corrected chi connectivity index (χ0v) is 13.6. The van der Waals surface area contributed by atoms with Crippen LogP contribution in [0.25, 0.3) is 0 Å². The van der Waals surface area contributed by atoms with Gasteiger partial charge in [-0.05, 0) is 60.1 Å². The van der Waals surface area contributed by atoms with Crippen molar-refractivity contribution in [3.63, 3.8) is 0 Å². The highest BCUT2D eigenvalue weighted by molar-refractivity contribution is 9.11. The molecule has 1 N–H and O–H groups in total. The van der Waals surface area contributed by atoms with Gasteiger partial charge in [0.1, 0.15) is 5.75 Å². The first kappa shape index (κ1) is 14.5. The molecule has 0 fully saturated rings. The van der Waals surface area contributed by atoms with E-state index >= 15 is 0 Å². The van der Waals surface area contributed by atoms with Gasteiger partial charge in [0.15, 0.2) is 0 Å². The smallest absolute Gasteiger partial charge is 0.137 e. The Bertz CT molecular complexity index is 537. The Morgan fingerprint density at radius 1 is 1.42 bits per heavy atom. The molecule has 0 aliphatic carbocycles. The highest BCUT2D eigenvalue weighted by Crippen LogP contribution is 2.34. The molecule has 2 rings (SSSR count). The largest absolute Gasteiger partial charge is 0.492 e. The van der Waals surface area contributed by atoms with Gasteiger partial charge >= 0.3 is 0 Å². The van der Waals surface area contributed by atoms with Crippen molar-refractivity contribution in [1.82, 2.24) is 10.3 Å². The molecule has 0 radical (unpaired) electrons. The number of halogens is 1. The molecule has 0 spiro atoms. The first-order valence-electron chi connectivity index (χ1n) is 6.16. The van der Waals surface area contributed by atoms with Gasteiger partial charge in [0.2, 0.25) is 0 Å². The fraction of sp³-hybridized carbons (Fsp3) is 0.357. The van der Waals surface area contributed by atoms with Gasteiger partial charge in [0.25, 0.3) is 0 Å². The van der Waals surface area contributed by atoms with Crippen LogP contribution in [0.1, 0.15) is 29.0 Å². The van der Waals surface area contributed by atoms with Gasteiger partial charge in [-0.25, -0.2) is 0 Å². The zero-order valence-electron chi connectivity index (χ0n) is 11.2. The quantitative estimate of drug-likeness (QED) is 0.895. The number of ether oxygens (including phenoxy) is 1. The van der Waals surface area contributed by atoms with Crippen molar-refractivity contribution in [2.45, 2.75) is 19.9 Å². The third-order valence-corrected chi connectivity index (χ3v) is 5.03.